The summed E-state index contributed by atoms with van der Waals surface area (Å²) in [5.41, 5.74) is 0. The summed E-state index contributed by atoms with van der Waals surface area (Å²) in [5.74, 6) is 0. The molecule has 9 nitrogen and oxygen atoms in total. The standard InChI is InChI=1S/C2H5N3O6P2/c6-12(7,8)2(13(9,10)11)1-3-5-4-2/h1H,(H2,6,7,8)(H2,9,10,11). The number of hydrogen-bond acceptors (Lipinski definition) is 5. The summed E-state index contributed by atoms with van der Waals surface area (Å²) < 4.78 is 21.5. The lowest BCUT2D eigenvalue weighted by Crippen LogP contribution is -2.26. The summed E-state index contributed by atoms with van der Waals surface area (Å²) in [6, 6.07) is 0. The highest BCUT2D eigenvalue weighted by molar-refractivity contribution is 7.74. The Labute approximate surface area is 71.5 Å². The van der Waals surface area contributed by atoms with Crippen LogP contribution in [0.25, 0.3) is 0 Å². The van der Waals surface area contributed by atoms with Crippen LogP contribution in [-0.4, -0.2) is 30.8 Å². The Morgan fingerprint density at radius 3 is 1.69 bits per heavy atom. The second-order valence-electron chi connectivity index (χ2n) is 2.21. The van der Waals surface area contributed by atoms with Gasteiger partial charge in [-0.15, -0.1) is 10.2 Å². The van der Waals surface area contributed by atoms with Crippen LogP contribution in [0.15, 0.2) is 15.4 Å². The maximum atomic E-state index is 10.8. The fourth-order valence-electron chi connectivity index (χ4n) is 0.657. The van der Waals surface area contributed by atoms with Crippen molar-refractivity contribution in [3.8, 4) is 0 Å². The molecule has 0 fully saturated rings. The van der Waals surface area contributed by atoms with E-state index in [9.17, 15) is 9.13 Å². The van der Waals surface area contributed by atoms with Gasteiger partial charge in [-0.05, 0) is 5.22 Å². The van der Waals surface area contributed by atoms with E-state index in [1.165, 1.54) is 0 Å². The molecule has 0 radical (unpaired) electrons. The second-order valence-corrected chi connectivity index (χ2v) is 6.10. The van der Waals surface area contributed by atoms with Crippen molar-refractivity contribution >= 4 is 21.4 Å². The van der Waals surface area contributed by atoms with E-state index >= 15 is 0 Å². The molecule has 0 unspecified atom stereocenters. The predicted octanol–water partition coefficient (Wildman–Crippen LogP) is -0.553. The van der Waals surface area contributed by atoms with Crippen LogP contribution in [0.3, 0.4) is 0 Å². The minimum atomic E-state index is -5.14. The zero-order valence-corrected chi connectivity index (χ0v) is 7.71. The highest BCUT2D eigenvalue weighted by Gasteiger charge is 2.62. The highest BCUT2D eigenvalue weighted by Crippen LogP contribution is 2.69. The van der Waals surface area contributed by atoms with Crippen LogP contribution in [0.4, 0.5) is 0 Å². The normalized spacial score (nSPS) is 20.9. The predicted molar refractivity (Wildman–Crippen MR) is 40.2 cm³/mol. The van der Waals surface area contributed by atoms with E-state index in [0.29, 0.717) is 6.21 Å². The second kappa shape index (κ2) is 2.78. The molecule has 13 heavy (non-hydrogen) atoms. The van der Waals surface area contributed by atoms with Crippen molar-refractivity contribution in [1.82, 2.24) is 0 Å². The van der Waals surface area contributed by atoms with Crippen molar-refractivity contribution in [3.05, 3.63) is 0 Å². The first-order valence-corrected chi connectivity index (χ1v) is 6.01. The lowest BCUT2D eigenvalue weighted by atomic mass is 10.7. The van der Waals surface area contributed by atoms with Gasteiger partial charge in [0.2, 0.25) is 0 Å². The van der Waals surface area contributed by atoms with Crippen LogP contribution in [0, 0.1) is 0 Å². The van der Waals surface area contributed by atoms with Crippen LogP contribution in [-0.2, 0) is 9.13 Å². The molecule has 1 aliphatic heterocycles. The Balaban J connectivity index is 3.37. The van der Waals surface area contributed by atoms with Gasteiger partial charge >= 0.3 is 20.2 Å². The third-order valence-corrected chi connectivity index (χ3v) is 5.02. The molecule has 1 rings (SSSR count). The molecule has 11 heteroatoms. The van der Waals surface area contributed by atoms with Crippen molar-refractivity contribution in [1.29, 1.82) is 0 Å². The minimum absolute atomic E-state index is 0.356. The van der Waals surface area contributed by atoms with E-state index < -0.39 is 20.2 Å². The van der Waals surface area contributed by atoms with E-state index in [2.05, 4.69) is 15.4 Å². The molecule has 1 aliphatic rings. The fourth-order valence-corrected chi connectivity index (χ4v) is 2.73. The van der Waals surface area contributed by atoms with E-state index in [-0.39, 0.29) is 0 Å². The van der Waals surface area contributed by atoms with Crippen molar-refractivity contribution < 1.29 is 28.7 Å². The van der Waals surface area contributed by atoms with Gasteiger partial charge in [-0.25, -0.2) is 0 Å². The van der Waals surface area contributed by atoms with Crippen molar-refractivity contribution in [2.45, 2.75) is 5.02 Å². The summed E-state index contributed by atoms with van der Waals surface area (Å²) >= 11 is 0. The van der Waals surface area contributed by atoms with Gasteiger partial charge in [-0.1, -0.05) is 0 Å². The Morgan fingerprint density at radius 1 is 1.08 bits per heavy atom. The summed E-state index contributed by atoms with van der Waals surface area (Å²) in [7, 11) is -10.3. The molecule has 0 aliphatic carbocycles. The molecule has 0 atom stereocenters. The van der Waals surface area contributed by atoms with Gasteiger partial charge in [0, 0.05) is 0 Å². The zero-order valence-electron chi connectivity index (χ0n) is 5.92. The van der Waals surface area contributed by atoms with Crippen molar-refractivity contribution in [2.75, 3.05) is 0 Å². The molecule has 0 spiro atoms. The number of hydrogen-bond donors (Lipinski definition) is 4. The van der Waals surface area contributed by atoms with Crippen LogP contribution in [0.2, 0.25) is 0 Å². The molecule has 0 aromatic heterocycles. The van der Waals surface area contributed by atoms with Crippen LogP contribution < -0.4 is 0 Å². The van der Waals surface area contributed by atoms with E-state index in [0.717, 1.165) is 0 Å². The highest BCUT2D eigenvalue weighted by atomic mass is 31.2. The molecular weight excluding hydrogens is 224 g/mol. The first-order valence-electron chi connectivity index (χ1n) is 2.78. The van der Waals surface area contributed by atoms with E-state index in [1.54, 1.807) is 0 Å². The average Bonchev–Trinajstić information content (AvgIpc) is 2.28. The lowest BCUT2D eigenvalue weighted by Gasteiger charge is -2.22. The Kier molecular flexibility index (Phi) is 2.28. The van der Waals surface area contributed by atoms with Gasteiger partial charge < -0.3 is 19.6 Å². The minimum Gasteiger partial charge on any atom is -0.322 e. The first-order chi connectivity index (χ1) is 5.71. The Bertz CT molecular complexity index is 326. The van der Waals surface area contributed by atoms with Gasteiger partial charge in [0.1, 0.15) is 0 Å². The topological polar surface area (TPSA) is 152 Å². The van der Waals surface area contributed by atoms with E-state index in [4.69, 9.17) is 19.6 Å². The monoisotopic (exact) mass is 229 g/mol. The molecule has 0 aromatic carbocycles. The third kappa shape index (κ3) is 1.50. The molecular formula is C2H5N3O6P2. The number of nitrogens with zero attached hydrogens (tertiary/aromatic N) is 3. The largest absolute Gasteiger partial charge is 0.373 e. The van der Waals surface area contributed by atoms with Gasteiger partial charge in [-0.2, -0.15) is 0 Å². The SMILES string of the molecule is O=P(O)(O)C1(P(=O)(O)O)C=NN=N1. The smallest absolute Gasteiger partial charge is 0.322 e. The van der Waals surface area contributed by atoms with Gasteiger partial charge in [0.05, 0.1) is 6.21 Å². The molecule has 0 saturated carbocycles. The van der Waals surface area contributed by atoms with E-state index in [1.807, 2.05) is 0 Å². The van der Waals surface area contributed by atoms with Crippen LogP contribution in [0.1, 0.15) is 0 Å². The van der Waals surface area contributed by atoms with Gasteiger partial charge in [0.15, 0.2) is 0 Å². The molecule has 0 saturated heterocycles. The third-order valence-electron chi connectivity index (χ3n) is 1.33. The molecule has 0 amide bonds. The summed E-state index contributed by atoms with van der Waals surface area (Å²) in [6.07, 6.45) is 0.356. The summed E-state index contributed by atoms with van der Waals surface area (Å²) in [5, 5.41) is 5.55. The lowest BCUT2D eigenvalue weighted by molar-refractivity contribution is 0.329. The quantitative estimate of drug-likeness (QED) is 0.466. The number of rotatable bonds is 2. The van der Waals surface area contributed by atoms with Crippen molar-refractivity contribution in [2.24, 2.45) is 15.4 Å². The van der Waals surface area contributed by atoms with Crippen molar-refractivity contribution in [3.63, 3.8) is 0 Å². The molecule has 0 aromatic rings. The van der Waals surface area contributed by atoms with Gasteiger partial charge in [-0.3, -0.25) is 9.13 Å². The molecule has 1 heterocycles. The summed E-state index contributed by atoms with van der Waals surface area (Å²) in [6.45, 7) is 0. The maximum absolute atomic E-state index is 10.8. The Morgan fingerprint density at radius 2 is 1.54 bits per heavy atom. The maximum Gasteiger partial charge on any atom is 0.373 e. The first kappa shape index (κ1) is 10.6. The molecule has 0 bridgehead atoms. The Hall–Kier alpha value is -0.430. The van der Waals surface area contributed by atoms with Crippen LogP contribution >= 0.6 is 15.2 Å². The van der Waals surface area contributed by atoms with Gasteiger partial charge in [0.25, 0.3) is 0 Å². The molecule has 74 valence electrons. The fraction of sp³-hybridized carbons (Fsp3) is 0.500. The molecule has 4 N–H and O–H groups in total. The average molecular weight is 229 g/mol. The summed E-state index contributed by atoms with van der Waals surface area (Å²) in [4.78, 5) is 34.7. The van der Waals surface area contributed by atoms with Crippen LogP contribution in [0.5, 0.6) is 0 Å². The zero-order chi connectivity index (χ0) is 10.3.